The number of nitrogens with zero attached hydrogens (tertiary/aromatic N) is 3. The quantitative estimate of drug-likeness (QED) is 0.0433. The highest BCUT2D eigenvalue weighted by Crippen LogP contribution is 2.53. The second kappa shape index (κ2) is 35.7. The number of aliphatic hydroxyl groups is 4. The van der Waals surface area contributed by atoms with Crippen molar-refractivity contribution in [2.75, 3.05) is 53.3 Å². The summed E-state index contributed by atoms with van der Waals surface area (Å²) in [7, 11) is 5.97. The molecule has 0 radical (unpaired) electrons. The Morgan fingerprint density at radius 1 is 0.798 bits per heavy atom. The summed E-state index contributed by atoms with van der Waals surface area (Å²) < 4.78 is 34.7. The minimum atomic E-state index is -2.01. The summed E-state index contributed by atoms with van der Waals surface area (Å²) in [5.74, 6) is -4.73. The number of methoxy groups -OCH3 is 2. The molecule has 9 N–H and O–H groups in total. The van der Waals surface area contributed by atoms with Crippen LogP contribution in [0.25, 0.3) is 0 Å². The van der Waals surface area contributed by atoms with Gasteiger partial charge in [-0.05, 0) is 104 Å². The fraction of sp³-hybridized carbons (Fsp3) is 0.676. The predicted molar refractivity (Wildman–Crippen MR) is 345 cm³/mol. The highest BCUT2D eigenvalue weighted by molar-refractivity contribution is 5.93. The average molecular weight is 1320 g/mol. The number of fused-ring (bicyclic) bond motifs is 1. The lowest BCUT2D eigenvalue weighted by atomic mass is 9.89. The number of anilines is 1. The van der Waals surface area contributed by atoms with Crippen LogP contribution in [0.2, 0.25) is 0 Å². The molecule has 3 fully saturated rings. The van der Waals surface area contributed by atoms with Gasteiger partial charge < -0.3 is 85.0 Å². The first kappa shape index (κ1) is 76.1. The van der Waals surface area contributed by atoms with Gasteiger partial charge in [0.2, 0.25) is 35.8 Å². The van der Waals surface area contributed by atoms with Gasteiger partial charge in [-0.15, -0.1) is 0 Å². The van der Waals surface area contributed by atoms with Crippen molar-refractivity contribution in [3.63, 3.8) is 0 Å². The molecule has 2 aromatic rings. The molecule has 1 saturated carbocycles. The van der Waals surface area contributed by atoms with E-state index < -0.39 is 146 Å². The molecule has 6 rings (SSSR count). The van der Waals surface area contributed by atoms with E-state index >= 15 is 0 Å². The zero-order valence-electron chi connectivity index (χ0n) is 56.5. The van der Waals surface area contributed by atoms with Crippen LogP contribution >= 0.6 is 0 Å². The molecular weight excluding hydrogens is 1220 g/mol. The standard InChI is InChI=1S/C68H103N7O19/c1-13-39(6)57(52(89-11)34-54(79)75-31-21-26-48(75)60(90-12)40(7)62(82)70-41(8)58(80)43-22-17-16-18-23-43)73(9)64(84)55(37(2)3)72-63(83)56(38(4)5)74(10)68(88)92-35-42-27-28-51(93-66-50(77)33-49(76)59(81)61(94-66)65(85)86)47(32-42)71-53(78)29-30-69-67(87)91-36-46-44-24-19-14-15-20-25-45(44)46/h14-18,22-23,27-28,32,37-41,44-46,48-50,52,55-61,66,76-77,80-81H,13,19-21,24-26,29-31,33-36H2,1-12H3,(H,69,87)(H,70,82)(H,71,78)(H,72,83)(H,85,86)/b15-14-/t39-,40+,41+,44?,45?,46?,48-,49+,50?,52+,55-,56-,57-,58+,59-,60+,61?,66+/m0/s1. The zero-order chi connectivity index (χ0) is 69.2. The Kier molecular flexibility index (Phi) is 28.9. The van der Waals surface area contributed by atoms with Crippen molar-refractivity contribution in [2.24, 2.45) is 41.4 Å². The van der Waals surface area contributed by atoms with Gasteiger partial charge in [-0.1, -0.05) is 103 Å². The summed E-state index contributed by atoms with van der Waals surface area (Å²) in [5.41, 5.74) is 0.869. The maximum atomic E-state index is 14.9. The Labute approximate surface area is 552 Å². The Morgan fingerprint density at radius 2 is 1.47 bits per heavy atom. The molecule has 2 saturated heterocycles. The largest absolute Gasteiger partial charge is 0.479 e. The van der Waals surface area contributed by atoms with Crippen molar-refractivity contribution in [3.8, 4) is 5.75 Å². The van der Waals surface area contributed by atoms with Crippen LogP contribution in [0.3, 0.4) is 0 Å². The van der Waals surface area contributed by atoms with E-state index in [-0.39, 0.29) is 60.7 Å². The molecule has 2 aliphatic carbocycles. The summed E-state index contributed by atoms with van der Waals surface area (Å²) >= 11 is 0. The first-order chi connectivity index (χ1) is 44.6. The van der Waals surface area contributed by atoms with Crippen molar-refractivity contribution in [2.45, 2.75) is 205 Å². The van der Waals surface area contributed by atoms with Crippen LogP contribution in [-0.2, 0) is 59.1 Å². The molecule has 2 aromatic carbocycles. The van der Waals surface area contributed by atoms with Gasteiger partial charge >= 0.3 is 18.2 Å². The van der Waals surface area contributed by atoms with E-state index in [1.807, 2.05) is 32.0 Å². The molecule has 17 atom stereocenters. The van der Waals surface area contributed by atoms with E-state index in [1.54, 1.807) is 65.6 Å². The van der Waals surface area contributed by atoms with E-state index in [9.17, 15) is 63.9 Å². The Morgan fingerprint density at radius 3 is 2.07 bits per heavy atom. The maximum absolute atomic E-state index is 14.9. The normalized spacial score (nSPS) is 25.1. The van der Waals surface area contributed by atoms with E-state index in [0.717, 1.165) is 30.6 Å². The molecule has 2 aliphatic heterocycles. The minimum absolute atomic E-state index is 0.0652. The third kappa shape index (κ3) is 20.1. The fourth-order valence-corrected chi connectivity index (χ4v) is 13.4. The number of amides is 7. The molecule has 26 nitrogen and oxygen atoms in total. The van der Waals surface area contributed by atoms with Crippen LogP contribution in [0.1, 0.15) is 137 Å². The number of allylic oxidation sites excluding steroid dienone is 2. The third-order valence-corrected chi connectivity index (χ3v) is 19.1. The minimum Gasteiger partial charge on any atom is -0.479 e. The van der Waals surface area contributed by atoms with Gasteiger partial charge in [0.25, 0.3) is 0 Å². The highest BCUT2D eigenvalue weighted by Gasteiger charge is 2.50. The highest BCUT2D eigenvalue weighted by atomic mass is 16.7. The van der Waals surface area contributed by atoms with Gasteiger partial charge in [0.1, 0.15) is 36.6 Å². The van der Waals surface area contributed by atoms with Gasteiger partial charge in [0.05, 0.1) is 67.2 Å². The van der Waals surface area contributed by atoms with Crippen LogP contribution < -0.4 is 26.0 Å². The second-order valence-corrected chi connectivity index (χ2v) is 26.3. The number of aliphatic hydroxyl groups excluding tert-OH is 4. The van der Waals surface area contributed by atoms with E-state index in [1.165, 1.54) is 44.4 Å². The molecular formula is C68H103N7O19. The van der Waals surface area contributed by atoms with Crippen LogP contribution in [0.4, 0.5) is 15.3 Å². The SMILES string of the molecule is CC[C@H](C)[C@@H]([C@@H](CC(=O)N1CCC[C@H]1[C@H](OC)[C@@H](C)C(=O)N[C@H](C)[C@@H](O)c1ccccc1)OC)N(C)C(=O)[C@@H](NC(=O)[C@H](C(C)C)N(C)C(=O)OCc1ccc(O[C@@H]2OC(C(=O)O)[C@@H](O)[C@H](O)CC2O)c(NC(=O)CCNC(=O)OCC2C3CC/C=C\CCC32)c1)C(C)C. The van der Waals surface area contributed by atoms with Crippen molar-refractivity contribution in [1.82, 2.24) is 30.7 Å². The number of hydrogen-bond donors (Lipinski definition) is 9. The number of likely N-dealkylation sites (tertiary alicyclic amines) is 1. The van der Waals surface area contributed by atoms with Gasteiger partial charge in [-0.2, -0.15) is 0 Å². The molecule has 2 heterocycles. The fourth-order valence-electron chi connectivity index (χ4n) is 13.4. The summed E-state index contributed by atoms with van der Waals surface area (Å²) in [5, 5.41) is 63.7. The molecule has 524 valence electrons. The van der Waals surface area contributed by atoms with Gasteiger partial charge in [-0.3, -0.25) is 28.9 Å². The number of hydrogen-bond acceptors (Lipinski definition) is 18. The van der Waals surface area contributed by atoms with E-state index in [0.29, 0.717) is 49.1 Å². The lowest BCUT2D eigenvalue weighted by Crippen LogP contribution is -2.60. The predicted octanol–water partition coefficient (Wildman–Crippen LogP) is 5.29. The first-order valence-corrected chi connectivity index (χ1v) is 33.1. The maximum Gasteiger partial charge on any atom is 0.410 e. The van der Waals surface area contributed by atoms with Crippen molar-refractivity contribution in [1.29, 1.82) is 0 Å². The summed E-state index contributed by atoms with van der Waals surface area (Å²) in [6, 6.07) is 9.15. The third-order valence-electron chi connectivity index (χ3n) is 19.1. The lowest BCUT2D eigenvalue weighted by Gasteiger charge is -2.41. The number of likely N-dealkylation sites (N-methyl/N-ethyl adjacent to an activating group) is 2. The lowest BCUT2D eigenvalue weighted by molar-refractivity contribution is -0.197. The van der Waals surface area contributed by atoms with Crippen LogP contribution in [0, 0.1) is 41.4 Å². The smallest absolute Gasteiger partial charge is 0.410 e. The summed E-state index contributed by atoms with van der Waals surface area (Å²) in [6.07, 6.45) is -3.76. The number of alkyl carbamates (subject to hydrolysis) is 1. The van der Waals surface area contributed by atoms with E-state index in [2.05, 4.69) is 33.4 Å². The molecule has 4 unspecified atom stereocenters. The second-order valence-electron chi connectivity index (χ2n) is 26.3. The van der Waals surface area contributed by atoms with Gasteiger partial charge in [0.15, 0.2) is 6.10 Å². The number of rotatable bonds is 31. The number of carbonyl (C=O) groups is 8. The molecule has 0 aromatic heterocycles. The number of nitrogens with one attached hydrogen (secondary N) is 4. The van der Waals surface area contributed by atoms with Crippen molar-refractivity contribution < 1.29 is 92.3 Å². The number of benzene rings is 2. The number of carboxylic acid groups (broad SMARTS) is 1. The first-order valence-electron chi connectivity index (χ1n) is 33.1. The number of carbonyl (C=O) groups excluding carboxylic acids is 7. The van der Waals surface area contributed by atoms with Crippen LogP contribution in [0.5, 0.6) is 5.75 Å². The number of ether oxygens (including phenoxy) is 6. The van der Waals surface area contributed by atoms with Gasteiger partial charge in [0, 0.05) is 54.2 Å². The van der Waals surface area contributed by atoms with Crippen molar-refractivity contribution >= 4 is 53.4 Å². The number of aliphatic carboxylic acids is 1. The van der Waals surface area contributed by atoms with Crippen LogP contribution in [-0.4, -0.2) is 209 Å². The van der Waals surface area contributed by atoms with Gasteiger partial charge in [-0.25, -0.2) is 14.4 Å². The van der Waals surface area contributed by atoms with Crippen LogP contribution in [0.15, 0.2) is 60.7 Å². The van der Waals surface area contributed by atoms with E-state index in [4.69, 9.17) is 28.4 Å². The average Bonchev–Trinajstić information content (AvgIpc) is 1.59. The summed E-state index contributed by atoms with van der Waals surface area (Å²) in [6.45, 7) is 14.5. The summed E-state index contributed by atoms with van der Waals surface area (Å²) in [4.78, 5) is 114. The monoisotopic (exact) mass is 1320 g/mol. The Bertz CT molecular complexity index is 2870. The molecule has 4 aliphatic rings. The zero-order valence-corrected chi connectivity index (χ0v) is 56.5. The molecule has 7 amide bonds. The Hall–Kier alpha value is -6.94. The number of carboxylic acids is 1. The van der Waals surface area contributed by atoms with Crippen molar-refractivity contribution in [3.05, 3.63) is 71.8 Å². The molecule has 0 bridgehead atoms. The molecule has 0 spiro atoms. The molecule has 94 heavy (non-hydrogen) atoms. The topological polar surface area (TPSA) is 351 Å². The Balaban J connectivity index is 1.10. The molecule has 26 heteroatoms.